The zero-order valence-corrected chi connectivity index (χ0v) is 23.0. The number of fused-ring (bicyclic) bond motifs is 7. The van der Waals surface area contributed by atoms with E-state index in [9.17, 15) is 0 Å². The minimum Gasteiger partial charge on any atom is -0.399 e. The predicted molar refractivity (Wildman–Crippen MR) is 155 cm³/mol. The minimum atomic E-state index is -0.442. The van der Waals surface area contributed by atoms with Crippen LogP contribution in [0.1, 0.15) is 69.4 Å². The first-order chi connectivity index (χ1) is 17.5. The summed E-state index contributed by atoms with van der Waals surface area (Å²) in [6.45, 7) is 19.2. The highest BCUT2D eigenvalue weighted by molar-refractivity contribution is 6.63. The van der Waals surface area contributed by atoms with E-state index in [1.54, 1.807) is 0 Å². The van der Waals surface area contributed by atoms with Crippen molar-refractivity contribution < 1.29 is 9.31 Å². The first kappa shape index (κ1) is 24.2. The van der Waals surface area contributed by atoms with Crippen molar-refractivity contribution in [3.05, 3.63) is 118 Å². The van der Waals surface area contributed by atoms with Crippen molar-refractivity contribution in [2.75, 3.05) is 0 Å². The van der Waals surface area contributed by atoms with E-state index in [-0.39, 0.29) is 0 Å². The zero-order valence-electron chi connectivity index (χ0n) is 23.0. The zero-order chi connectivity index (χ0) is 26.3. The summed E-state index contributed by atoms with van der Waals surface area (Å²) in [6.07, 6.45) is 4.38. The Morgan fingerprint density at radius 2 is 1.49 bits per heavy atom. The lowest BCUT2D eigenvalue weighted by Crippen LogP contribution is -2.42. The van der Waals surface area contributed by atoms with Gasteiger partial charge in [-0.3, -0.25) is 0 Å². The molecule has 6 rings (SSSR count). The summed E-state index contributed by atoms with van der Waals surface area (Å²) in [5.74, 6) is 0. The van der Waals surface area contributed by atoms with E-state index < -0.39 is 23.7 Å². The third-order valence-electron chi connectivity index (χ3n) is 8.97. The van der Waals surface area contributed by atoms with Gasteiger partial charge in [-0.15, -0.1) is 0 Å². The molecule has 186 valence electrons. The lowest BCUT2D eigenvalue weighted by molar-refractivity contribution is 0.00578. The largest absolute Gasteiger partial charge is 0.495 e. The number of aryl methyl sites for hydroxylation is 1. The number of allylic oxidation sites excluding steroid dienone is 5. The lowest BCUT2D eigenvalue weighted by atomic mass is 9.63. The van der Waals surface area contributed by atoms with Gasteiger partial charge in [-0.1, -0.05) is 90.5 Å². The Morgan fingerprint density at radius 3 is 2.19 bits per heavy atom. The molecule has 1 atom stereocenters. The molecule has 0 saturated carbocycles. The molecule has 2 aliphatic carbocycles. The van der Waals surface area contributed by atoms with E-state index in [2.05, 4.69) is 121 Å². The quantitative estimate of drug-likeness (QED) is 0.282. The molecule has 1 unspecified atom stereocenters. The molecule has 0 N–H and O–H groups in total. The fourth-order valence-electron chi connectivity index (χ4n) is 6.48. The second-order valence-electron chi connectivity index (χ2n) is 11.9. The summed E-state index contributed by atoms with van der Waals surface area (Å²) in [5.41, 5.74) is 12.6. The molecule has 1 heterocycles. The third-order valence-corrected chi connectivity index (χ3v) is 8.97. The van der Waals surface area contributed by atoms with Crippen LogP contribution in [-0.2, 0) is 14.7 Å². The summed E-state index contributed by atoms with van der Waals surface area (Å²) >= 11 is 0. The summed E-state index contributed by atoms with van der Waals surface area (Å²) in [5, 5.41) is 0. The predicted octanol–water partition coefficient (Wildman–Crippen LogP) is 7.53. The Morgan fingerprint density at radius 1 is 0.811 bits per heavy atom. The molecule has 0 amide bonds. The number of hydrogen-bond donors (Lipinski definition) is 0. The van der Waals surface area contributed by atoms with Gasteiger partial charge in [0.25, 0.3) is 0 Å². The van der Waals surface area contributed by atoms with Crippen LogP contribution in [0.2, 0.25) is 0 Å². The van der Waals surface area contributed by atoms with E-state index in [4.69, 9.17) is 9.31 Å². The maximum absolute atomic E-state index is 6.67. The molecular weight excluding hydrogens is 451 g/mol. The molecule has 0 aromatic heterocycles. The van der Waals surface area contributed by atoms with Gasteiger partial charge in [-0.05, 0) is 98.5 Å². The SMILES string of the molecule is C=C(C)/C=C\C1=C(C)C2(c3cc(C)ccc31)c1ccccc1-c1cccc(B3OC(C)(C)C(C)(C)O3)c12. The van der Waals surface area contributed by atoms with Crippen molar-refractivity contribution in [2.45, 2.75) is 65.1 Å². The van der Waals surface area contributed by atoms with Crippen LogP contribution in [0.15, 0.2) is 90.5 Å². The van der Waals surface area contributed by atoms with Crippen LogP contribution in [-0.4, -0.2) is 18.3 Å². The molecule has 3 aromatic rings. The first-order valence-corrected chi connectivity index (χ1v) is 13.2. The van der Waals surface area contributed by atoms with E-state index in [0.717, 1.165) is 11.0 Å². The van der Waals surface area contributed by atoms with Crippen LogP contribution in [0.25, 0.3) is 16.7 Å². The summed E-state index contributed by atoms with van der Waals surface area (Å²) in [4.78, 5) is 0. The summed E-state index contributed by atoms with van der Waals surface area (Å²) in [7, 11) is -0.442. The van der Waals surface area contributed by atoms with Gasteiger partial charge in [0.1, 0.15) is 0 Å². The van der Waals surface area contributed by atoms with Crippen LogP contribution < -0.4 is 5.46 Å². The number of benzene rings is 3. The van der Waals surface area contributed by atoms with Crippen molar-refractivity contribution in [1.82, 2.24) is 0 Å². The fourth-order valence-corrected chi connectivity index (χ4v) is 6.48. The Balaban J connectivity index is 1.72. The molecule has 0 bridgehead atoms. The van der Waals surface area contributed by atoms with Crippen LogP contribution in [0.3, 0.4) is 0 Å². The fraction of sp³-hybridized carbons (Fsp3) is 0.294. The van der Waals surface area contributed by atoms with E-state index >= 15 is 0 Å². The van der Waals surface area contributed by atoms with Gasteiger partial charge in [-0.2, -0.15) is 0 Å². The molecule has 1 saturated heterocycles. The van der Waals surface area contributed by atoms with E-state index in [1.807, 2.05) is 6.92 Å². The maximum atomic E-state index is 6.67. The molecule has 1 fully saturated rings. The van der Waals surface area contributed by atoms with E-state index in [1.165, 1.54) is 50.1 Å². The molecule has 3 heteroatoms. The Kier molecular flexibility index (Phi) is 5.19. The lowest BCUT2D eigenvalue weighted by Gasteiger charge is -2.33. The molecule has 1 spiro atoms. The highest BCUT2D eigenvalue weighted by Crippen LogP contribution is 2.61. The molecule has 0 radical (unpaired) electrons. The van der Waals surface area contributed by atoms with Crippen LogP contribution >= 0.6 is 0 Å². The summed E-state index contributed by atoms with van der Waals surface area (Å²) < 4.78 is 13.3. The average Bonchev–Trinajstić information content (AvgIpc) is 3.36. The monoisotopic (exact) mass is 486 g/mol. The molecule has 1 aliphatic heterocycles. The minimum absolute atomic E-state index is 0.413. The van der Waals surface area contributed by atoms with Gasteiger partial charge in [0.15, 0.2) is 0 Å². The van der Waals surface area contributed by atoms with Gasteiger partial charge >= 0.3 is 7.12 Å². The Bertz CT molecular complexity index is 1520. The van der Waals surface area contributed by atoms with Crippen LogP contribution in [0.4, 0.5) is 0 Å². The smallest absolute Gasteiger partial charge is 0.399 e. The molecule has 37 heavy (non-hydrogen) atoms. The standard InChI is InChI=1S/C34H35BO2/c1-21(2)16-18-24-23(4)34(29-20-22(3)17-19-26(24)29)28-14-10-9-12-25(28)27-13-11-15-30(31(27)34)35-36-32(5,6)33(7,8)37-35/h9-20H,1H2,2-8H3/b18-16-. The van der Waals surface area contributed by atoms with Gasteiger partial charge in [0.05, 0.1) is 16.6 Å². The second kappa shape index (κ2) is 7.93. The van der Waals surface area contributed by atoms with Crippen LogP contribution in [0, 0.1) is 6.92 Å². The molecule has 3 aromatic carbocycles. The number of rotatable bonds is 3. The highest BCUT2D eigenvalue weighted by Gasteiger charge is 2.57. The van der Waals surface area contributed by atoms with Crippen molar-refractivity contribution in [1.29, 1.82) is 0 Å². The normalized spacial score (nSPS) is 22.6. The van der Waals surface area contributed by atoms with Crippen molar-refractivity contribution in [3.8, 4) is 11.1 Å². The van der Waals surface area contributed by atoms with Gasteiger partial charge in [0, 0.05) is 0 Å². The van der Waals surface area contributed by atoms with Gasteiger partial charge < -0.3 is 9.31 Å². The van der Waals surface area contributed by atoms with Crippen molar-refractivity contribution in [2.24, 2.45) is 0 Å². The van der Waals surface area contributed by atoms with Crippen molar-refractivity contribution in [3.63, 3.8) is 0 Å². The first-order valence-electron chi connectivity index (χ1n) is 13.2. The maximum Gasteiger partial charge on any atom is 0.495 e. The molecule has 3 aliphatic rings. The molecular formula is C34H35BO2. The van der Waals surface area contributed by atoms with E-state index in [0.29, 0.717) is 0 Å². The third kappa shape index (κ3) is 3.20. The summed E-state index contributed by atoms with van der Waals surface area (Å²) in [6, 6.07) is 22.4. The Hall–Kier alpha value is -3.14. The second-order valence-corrected chi connectivity index (χ2v) is 11.9. The topological polar surface area (TPSA) is 18.5 Å². The average molecular weight is 486 g/mol. The Labute approximate surface area is 221 Å². The van der Waals surface area contributed by atoms with Crippen LogP contribution in [0.5, 0.6) is 0 Å². The number of hydrogen-bond acceptors (Lipinski definition) is 2. The van der Waals surface area contributed by atoms with Gasteiger partial charge in [-0.25, -0.2) is 0 Å². The molecule has 2 nitrogen and oxygen atoms in total. The van der Waals surface area contributed by atoms with Gasteiger partial charge in [0.2, 0.25) is 0 Å². The highest BCUT2D eigenvalue weighted by atomic mass is 16.7. The van der Waals surface area contributed by atoms with Crippen molar-refractivity contribution >= 4 is 18.2 Å².